The smallest absolute Gasteiger partial charge is 0.141 e. The van der Waals surface area contributed by atoms with Crippen molar-refractivity contribution >= 4 is 6.29 Å². The van der Waals surface area contributed by atoms with E-state index in [1.54, 1.807) is 12.1 Å². The molecule has 0 heterocycles. The highest BCUT2D eigenvalue weighted by atomic mass is 16.3. The molecule has 0 spiro atoms. The molecular formula is C8H9NO2. The molecule has 0 fully saturated rings. The van der Waals surface area contributed by atoms with Crippen LogP contribution in [0.3, 0.4) is 0 Å². The average Bonchev–Trinajstić information content (AvgIpc) is 2.05. The highest BCUT2D eigenvalue weighted by Crippen LogP contribution is 2.13. The van der Waals surface area contributed by atoms with Gasteiger partial charge in [-0.3, -0.25) is 0 Å². The third kappa shape index (κ3) is 1.78. The van der Waals surface area contributed by atoms with Gasteiger partial charge in [-0.1, -0.05) is 12.1 Å². The topological polar surface area (TPSA) is 63.3 Å². The lowest BCUT2D eigenvalue weighted by molar-refractivity contribution is -0.109. The fourth-order valence-corrected chi connectivity index (χ4v) is 0.775. The fraction of sp³-hybridized carbons (Fsp3) is 0.125. The van der Waals surface area contributed by atoms with Gasteiger partial charge in [0.1, 0.15) is 12.0 Å². The summed E-state index contributed by atoms with van der Waals surface area (Å²) in [5.41, 5.74) is 6.10. The van der Waals surface area contributed by atoms with Gasteiger partial charge in [-0.2, -0.15) is 0 Å². The van der Waals surface area contributed by atoms with Gasteiger partial charge in [-0.25, -0.2) is 0 Å². The highest BCUT2D eigenvalue weighted by Gasteiger charge is 2.01. The summed E-state index contributed by atoms with van der Waals surface area (Å²) in [6.07, 6.45) is 0.659. The van der Waals surface area contributed by atoms with Crippen LogP contribution in [0, 0.1) is 0 Å². The van der Waals surface area contributed by atoms with Crippen molar-refractivity contribution in [1.82, 2.24) is 0 Å². The minimum Gasteiger partial charge on any atom is -0.508 e. The molecule has 1 aromatic rings. The molecule has 1 aromatic carbocycles. The van der Waals surface area contributed by atoms with Gasteiger partial charge in [0, 0.05) is 0 Å². The van der Waals surface area contributed by atoms with E-state index in [9.17, 15) is 4.79 Å². The van der Waals surface area contributed by atoms with Gasteiger partial charge in [0.05, 0.1) is 6.04 Å². The minimum atomic E-state index is -0.587. The molecule has 3 N–H and O–H groups in total. The van der Waals surface area contributed by atoms with Crippen LogP contribution in [0.2, 0.25) is 0 Å². The van der Waals surface area contributed by atoms with Gasteiger partial charge >= 0.3 is 0 Å². The van der Waals surface area contributed by atoms with Crippen molar-refractivity contribution < 1.29 is 9.90 Å². The lowest BCUT2D eigenvalue weighted by Crippen LogP contribution is -2.10. The van der Waals surface area contributed by atoms with Crippen LogP contribution < -0.4 is 5.73 Å². The lowest BCUT2D eigenvalue weighted by Gasteiger charge is -2.02. The summed E-state index contributed by atoms with van der Waals surface area (Å²) in [6.45, 7) is 0. The minimum absolute atomic E-state index is 0.173. The van der Waals surface area contributed by atoms with Crippen LogP contribution in [0.4, 0.5) is 0 Å². The molecule has 0 bridgehead atoms. The molecule has 3 nitrogen and oxygen atoms in total. The van der Waals surface area contributed by atoms with Gasteiger partial charge < -0.3 is 15.6 Å². The second kappa shape index (κ2) is 3.16. The van der Waals surface area contributed by atoms with Crippen LogP contribution >= 0.6 is 0 Å². The predicted octanol–water partition coefficient (Wildman–Crippen LogP) is 0.591. The van der Waals surface area contributed by atoms with Crippen LogP contribution in [0.25, 0.3) is 0 Å². The van der Waals surface area contributed by atoms with Crippen molar-refractivity contribution in [2.45, 2.75) is 6.04 Å². The SMILES string of the molecule is NC(C=O)c1ccc(O)cc1. The normalized spacial score (nSPS) is 12.5. The van der Waals surface area contributed by atoms with E-state index >= 15 is 0 Å². The van der Waals surface area contributed by atoms with E-state index in [1.807, 2.05) is 0 Å². The quantitative estimate of drug-likeness (QED) is 0.608. The molecule has 11 heavy (non-hydrogen) atoms. The molecule has 0 amide bonds. The number of nitrogens with two attached hydrogens (primary N) is 1. The first-order valence-electron chi connectivity index (χ1n) is 3.24. The van der Waals surface area contributed by atoms with E-state index in [4.69, 9.17) is 10.8 Å². The molecule has 1 atom stereocenters. The number of phenolic OH excluding ortho intramolecular Hbond substituents is 1. The molecule has 0 aliphatic heterocycles. The molecule has 0 saturated heterocycles. The molecular weight excluding hydrogens is 142 g/mol. The molecule has 0 aromatic heterocycles. The van der Waals surface area contributed by atoms with Gasteiger partial charge in [-0.05, 0) is 17.7 Å². The van der Waals surface area contributed by atoms with Gasteiger partial charge in [0.15, 0.2) is 0 Å². The van der Waals surface area contributed by atoms with E-state index in [0.717, 1.165) is 0 Å². The Bertz CT molecular complexity index is 243. The fourth-order valence-electron chi connectivity index (χ4n) is 0.775. The lowest BCUT2D eigenvalue weighted by atomic mass is 10.1. The second-order valence-corrected chi connectivity index (χ2v) is 2.25. The Labute approximate surface area is 64.5 Å². The molecule has 0 aliphatic carbocycles. The van der Waals surface area contributed by atoms with E-state index in [1.165, 1.54) is 12.1 Å². The summed E-state index contributed by atoms with van der Waals surface area (Å²) in [4.78, 5) is 10.2. The van der Waals surface area contributed by atoms with E-state index in [-0.39, 0.29) is 5.75 Å². The largest absolute Gasteiger partial charge is 0.508 e. The first kappa shape index (κ1) is 7.75. The van der Waals surface area contributed by atoms with E-state index in [2.05, 4.69) is 0 Å². The van der Waals surface area contributed by atoms with Crippen LogP contribution in [0.1, 0.15) is 11.6 Å². The molecule has 3 heteroatoms. The summed E-state index contributed by atoms with van der Waals surface area (Å²) in [6, 6.07) is 5.65. The molecule has 0 aliphatic rings. The standard InChI is InChI=1S/C8H9NO2/c9-8(5-10)6-1-3-7(11)4-2-6/h1-5,8,11H,9H2. The molecule has 1 rings (SSSR count). The number of hydrogen-bond acceptors (Lipinski definition) is 3. The van der Waals surface area contributed by atoms with E-state index < -0.39 is 6.04 Å². The molecule has 58 valence electrons. The van der Waals surface area contributed by atoms with Crippen LogP contribution in [0.5, 0.6) is 5.75 Å². The van der Waals surface area contributed by atoms with E-state index in [0.29, 0.717) is 11.8 Å². The zero-order valence-corrected chi connectivity index (χ0v) is 5.90. The second-order valence-electron chi connectivity index (χ2n) is 2.25. The van der Waals surface area contributed by atoms with Gasteiger partial charge in [0.2, 0.25) is 0 Å². The Morgan fingerprint density at radius 3 is 2.36 bits per heavy atom. The Kier molecular flexibility index (Phi) is 2.23. The predicted molar refractivity (Wildman–Crippen MR) is 41.1 cm³/mol. The Morgan fingerprint density at radius 1 is 1.36 bits per heavy atom. The maximum Gasteiger partial charge on any atom is 0.141 e. The Morgan fingerprint density at radius 2 is 1.91 bits per heavy atom. The number of phenols is 1. The monoisotopic (exact) mass is 151 g/mol. The summed E-state index contributed by atoms with van der Waals surface area (Å²) in [5, 5.41) is 8.88. The maximum atomic E-state index is 10.2. The van der Waals surface area contributed by atoms with Crippen LogP contribution in [-0.4, -0.2) is 11.4 Å². The van der Waals surface area contributed by atoms with Gasteiger partial charge in [-0.15, -0.1) is 0 Å². The summed E-state index contributed by atoms with van der Waals surface area (Å²) in [5.74, 6) is 0.173. The van der Waals surface area contributed by atoms with Crippen molar-refractivity contribution in [3.63, 3.8) is 0 Å². The van der Waals surface area contributed by atoms with Crippen LogP contribution in [0.15, 0.2) is 24.3 Å². The third-order valence-corrected chi connectivity index (χ3v) is 1.42. The maximum absolute atomic E-state index is 10.2. The highest BCUT2D eigenvalue weighted by molar-refractivity contribution is 5.61. The number of carbonyl (C=O) groups excluding carboxylic acids is 1. The zero-order valence-electron chi connectivity index (χ0n) is 5.90. The van der Waals surface area contributed by atoms with Crippen molar-refractivity contribution in [3.05, 3.63) is 29.8 Å². The Balaban J connectivity index is 2.89. The molecule has 1 unspecified atom stereocenters. The van der Waals surface area contributed by atoms with Crippen molar-refractivity contribution in [2.24, 2.45) is 5.73 Å². The number of hydrogen-bond donors (Lipinski definition) is 2. The van der Waals surface area contributed by atoms with Crippen molar-refractivity contribution in [3.8, 4) is 5.75 Å². The van der Waals surface area contributed by atoms with Crippen molar-refractivity contribution in [2.75, 3.05) is 0 Å². The zero-order chi connectivity index (χ0) is 8.27. The molecule has 0 saturated carbocycles. The summed E-state index contributed by atoms with van der Waals surface area (Å²) in [7, 11) is 0. The number of aldehydes is 1. The number of rotatable bonds is 2. The number of carbonyl (C=O) groups is 1. The number of aromatic hydroxyl groups is 1. The first-order chi connectivity index (χ1) is 5.24. The third-order valence-electron chi connectivity index (χ3n) is 1.42. The first-order valence-corrected chi connectivity index (χ1v) is 3.24. The Hall–Kier alpha value is -1.35. The summed E-state index contributed by atoms with van der Waals surface area (Å²) >= 11 is 0. The molecule has 0 radical (unpaired) electrons. The van der Waals surface area contributed by atoms with Crippen molar-refractivity contribution in [1.29, 1.82) is 0 Å². The average molecular weight is 151 g/mol. The summed E-state index contributed by atoms with van der Waals surface area (Å²) < 4.78 is 0. The van der Waals surface area contributed by atoms with Crippen LogP contribution in [-0.2, 0) is 4.79 Å². The number of benzene rings is 1. The van der Waals surface area contributed by atoms with Gasteiger partial charge in [0.25, 0.3) is 0 Å².